The molecule has 1 saturated heterocycles. The van der Waals surface area contributed by atoms with Crippen LogP contribution in [-0.4, -0.2) is 40.2 Å². The molecule has 1 unspecified atom stereocenters. The predicted octanol–water partition coefficient (Wildman–Crippen LogP) is 8.49. The van der Waals surface area contributed by atoms with Crippen molar-refractivity contribution >= 4 is 57.3 Å². The van der Waals surface area contributed by atoms with E-state index in [0.29, 0.717) is 63.3 Å². The standard InChI is InChI=1S/C37H32ClN3O6S2/c1-3-45-27-17-14-24(15-18-27)33(42)31-32(25-16-19-29(30(20-25)46-4-2)47-21-23-10-6-5-7-11-23)41(35(44)34(31)43)36-39-40-37(49-36)48-22-26-12-8-9-13-28(26)38/h5-20,32,42H,3-4,21-22H2,1-2H3. The van der Waals surface area contributed by atoms with Crippen molar-refractivity contribution in [2.24, 2.45) is 0 Å². The number of aliphatic hydroxyl groups is 1. The van der Waals surface area contributed by atoms with Crippen LogP contribution in [0.5, 0.6) is 17.2 Å². The Labute approximate surface area is 297 Å². The Balaban J connectivity index is 1.39. The highest BCUT2D eigenvalue weighted by atomic mass is 35.5. The van der Waals surface area contributed by atoms with E-state index in [1.165, 1.54) is 28.0 Å². The largest absolute Gasteiger partial charge is 0.507 e. The molecule has 0 bridgehead atoms. The molecule has 2 heterocycles. The average molecular weight is 714 g/mol. The Kier molecular flexibility index (Phi) is 10.8. The molecule has 6 rings (SSSR count). The smallest absolute Gasteiger partial charge is 0.301 e. The number of ether oxygens (including phenoxy) is 3. The van der Waals surface area contributed by atoms with Crippen LogP contribution in [-0.2, 0) is 21.9 Å². The molecule has 12 heteroatoms. The molecule has 250 valence electrons. The molecule has 5 aromatic rings. The van der Waals surface area contributed by atoms with Crippen LogP contribution >= 0.6 is 34.7 Å². The van der Waals surface area contributed by atoms with Crippen molar-refractivity contribution in [3.63, 3.8) is 0 Å². The Bertz CT molecular complexity index is 1980. The topological polar surface area (TPSA) is 111 Å². The summed E-state index contributed by atoms with van der Waals surface area (Å²) in [5.74, 6) is 0.0604. The summed E-state index contributed by atoms with van der Waals surface area (Å²) in [5.41, 5.74) is 2.70. The van der Waals surface area contributed by atoms with E-state index in [2.05, 4.69) is 10.2 Å². The Morgan fingerprint density at radius 3 is 2.35 bits per heavy atom. The van der Waals surface area contributed by atoms with E-state index in [0.717, 1.165) is 11.1 Å². The molecule has 1 aliphatic rings. The van der Waals surface area contributed by atoms with Crippen LogP contribution in [0.2, 0.25) is 5.02 Å². The summed E-state index contributed by atoms with van der Waals surface area (Å²) < 4.78 is 18.2. The van der Waals surface area contributed by atoms with Gasteiger partial charge in [-0.05, 0) is 73.0 Å². The van der Waals surface area contributed by atoms with Crippen LogP contribution in [0, 0.1) is 0 Å². The van der Waals surface area contributed by atoms with Gasteiger partial charge in [0.05, 0.1) is 24.8 Å². The number of anilines is 1. The van der Waals surface area contributed by atoms with E-state index in [4.69, 9.17) is 25.8 Å². The number of carbonyl (C=O) groups is 2. The summed E-state index contributed by atoms with van der Waals surface area (Å²) in [6.45, 7) is 4.87. The maximum atomic E-state index is 13.8. The minimum Gasteiger partial charge on any atom is -0.507 e. The van der Waals surface area contributed by atoms with Crippen LogP contribution in [0.25, 0.3) is 5.76 Å². The van der Waals surface area contributed by atoms with Crippen LogP contribution in [0.1, 0.15) is 42.1 Å². The monoisotopic (exact) mass is 713 g/mol. The zero-order chi connectivity index (χ0) is 34.3. The number of aliphatic hydroxyl groups excluding tert-OH is 1. The first-order valence-corrected chi connectivity index (χ1v) is 17.7. The Morgan fingerprint density at radius 2 is 1.61 bits per heavy atom. The van der Waals surface area contributed by atoms with Crippen molar-refractivity contribution in [3.05, 3.63) is 130 Å². The number of aromatic nitrogens is 2. The molecular weight excluding hydrogens is 682 g/mol. The molecule has 0 aliphatic carbocycles. The minimum absolute atomic E-state index is 0.0879. The van der Waals surface area contributed by atoms with Gasteiger partial charge in [-0.25, -0.2) is 0 Å². The third-order valence-electron chi connectivity index (χ3n) is 7.61. The minimum atomic E-state index is -1.04. The van der Waals surface area contributed by atoms with Gasteiger partial charge in [-0.2, -0.15) is 0 Å². The molecule has 1 atom stereocenters. The molecule has 49 heavy (non-hydrogen) atoms. The first-order chi connectivity index (χ1) is 23.9. The number of nitrogens with zero attached hydrogens (tertiary/aromatic N) is 3. The number of rotatable bonds is 13. The highest BCUT2D eigenvalue weighted by Gasteiger charge is 2.48. The van der Waals surface area contributed by atoms with E-state index >= 15 is 0 Å². The van der Waals surface area contributed by atoms with Crippen molar-refractivity contribution in [2.75, 3.05) is 18.1 Å². The second-order valence-corrected chi connectivity index (χ2v) is 13.4. The van der Waals surface area contributed by atoms with Crippen LogP contribution < -0.4 is 19.1 Å². The highest BCUT2D eigenvalue weighted by Crippen LogP contribution is 2.46. The molecule has 9 nitrogen and oxygen atoms in total. The summed E-state index contributed by atoms with van der Waals surface area (Å²) in [6, 6.07) is 28.1. The second kappa shape index (κ2) is 15.6. The number of thioether (sulfide) groups is 1. The van der Waals surface area contributed by atoms with Gasteiger partial charge in [-0.15, -0.1) is 10.2 Å². The van der Waals surface area contributed by atoms with Crippen molar-refractivity contribution in [1.82, 2.24) is 10.2 Å². The molecule has 1 N–H and O–H groups in total. The lowest BCUT2D eigenvalue weighted by molar-refractivity contribution is -0.132. The number of hydrogen-bond acceptors (Lipinski definition) is 10. The van der Waals surface area contributed by atoms with Crippen molar-refractivity contribution in [3.8, 4) is 17.2 Å². The van der Waals surface area contributed by atoms with Crippen molar-refractivity contribution < 1.29 is 28.9 Å². The van der Waals surface area contributed by atoms with Crippen molar-refractivity contribution in [1.29, 1.82) is 0 Å². The van der Waals surface area contributed by atoms with Gasteiger partial charge in [-0.3, -0.25) is 14.5 Å². The maximum Gasteiger partial charge on any atom is 0.301 e. The number of Topliss-reactive ketones (excluding diaryl/α,β-unsaturated/α-hetero) is 1. The van der Waals surface area contributed by atoms with Crippen LogP contribution in [0.4, 0.5) is 5.13 Å². The first kappa shape index (κ1) is 34.0. The molecule has 1 amide bonds. The van der Waals surface area contributed by atoms with Gasteiger partial charge < -0.3 is 19.3 Å². The lowest BCUT2D eigenvalue weighted by atomic mass is 9.95. The zero-order valence-electron chi connectivity index (χ0n) is 26.7. The van der Waals surface area contributed by atoms with E-state index in [9.17, 15) is 14.7 Å². The van der Waals surface area contributed by atoms with Gasteiger partial charge in [0.15, 0.2) is 15.8 Å². The van der Waals surface area contributed by atoms with E-state index in [1.807, 2.05) is 68.4 Å². The predicted molar refractivity (Wildman–Crippen MR) is 192 cm³/mol. The Morgan fingerprint density at radius 1 is 0.878 bits per heavy atom. The van der Waals surface area contributed by atoms with Crippen LogP contribution in [0.15, 0.2) is 107 Å². The zero-order valence-corrected chi connectivity index (χ0v) is 29.1. The number of hydrogen-bond donors (Lipinski definition) is 1. The first-order valence-electron chi connectivity index (χ1n) is 15.5. The van der Waals surface area contributed by atoms with E-state index < -0.39 is 17.7 Å². The fourth-order valence-electron chi connectivity index (χ4n) is 5.31. The van der Waals surface area contributed by atoms with Gasteiger partial charge in [-0.1, -0.05) is 89.3 Å². The molecule has 1 fully saturated rings. The van der Waals surface area contributed by atoms with E-state index in [-0.39, 0.29) is 16.5 Å². The molecule has 0 saturated carbocycles. The van der Waals surface area contributed by atoms with Gasteiger partial charge >= 0.3 is 5.91 Å². The fraction of sp³-hybridized carbons (Fsp3) is 0.189. The maximum absolute atomic E-state index is 13.8. The summed E-state index contributed by atoms with van der Waals surface area (Å²) in [7, 11) is 0. The lowest BCUT2D eigenvalue weighted by Crippen LogP contribution is -2.29. The summed E-state index contributed by atoms with van der Waals surface area (Å²) in [6.07, 6.45) is 0. The third-order valence-corrected chi connectivity index (χ3v) is 10.1. The highest BCUT2D eigenvalue weighted by molar-refractivity contribution is 8.00. The molecule has 4 aromatic carbocycles. The lowest BCUT2D eigenvalue weighted by Gasteiger charge is -2.23. The number of carbonyl (C=O) groups excluding carboxylic acids is 2. The molecule has 1 aromatic heterocycles. The van der Waals surface area contributed by atoms with Gasteiger partial charge in [0.2, 0.25) is 5.13 Å². The number of benzene rings is 4. The van der Waals surface area contributed by atoms with Gasteiger partial charge in [0.1, 0.15) is 18.1 Å². The SMILES string of the molecule is CCOc1ccc(C(O)=C2C(=O)C(=O)N(c3nnc(SCc4ccccc4Cl)s3)C2c2ccc(OCc3ccccc3)c(OCC)c2)cc1. The quantitative estimate of drug-likeness (QED) is 0.0422. The molecule has 1 aliphatic heterocycles. The molecular formula is C37H32ClN3O6S2. The molecule has 0 radical (unpaired) electrons. The Hall–Kier alpha value is -4.84. The summed E-state index contributed by atoms with van der Waals surface area (Å²) in [4.78, 5) is 28.9. The summed E-state index contributed by atoms with van der Waals surface area (Å²) in [5, 5.41) is 21.1. The van der Waals surface area contributed by atoms with Crippen LogP contribution in [0.3, 0.4) is 0 Å². The normalized spacial score (nSPS) is 15.4. The third kappa shape index (κ3) is 7.59. The average Bonchev–Trinajstić information content (AvgIpc) is 3.69. The van der Waals surface area contributed by atoms with Gasteiger partial charge in [0.25, 0.3) is 5.78 Å². The number of amides is 1. The number of halogens is 1. The number of ketones is 1. The van der Waals surface area contributed by atoms with Gasteiger partial charge in [0, 0.05) is 16.3 Å². The second-order valence-electron chi connectivity index (χ2n) is 10.8. The fourth-order valence-corrected chi connectivity index (χ4v) is 7.46. The van der Waals surface area contributed by atoms with Crippen molar-refractivity contribution in [2.45, 2.75) is 36.6 Å². The van der Waals surface area contributed by atoms with E-state index in [1.54, 1.807) is 42.5 Å². The molecule has 0 spiro atoms. The summed E-state index contributed by atoms with van der Waals surface area (Å²) >= 11 is 8.94.